The van der Waals surface area contributed by atoms with Gasteiger partial charge in [-0.05, 0) is 13.0 Å². The van der Waals surface area contributed by atoms with Crippen molar-refractivity contribution in [2.45, 2.75) is 18.6 Å². The maximum atomic E-state index is 11.5. The van der Waals surface area contributed by atoms with Gasteiger partial charge in [0.05, 0.1) is 13.2 Å². The highest BCUT2D eigenvalue weighted by Gasteiger charge is 2.43. The summed E-state index contributed by atoms with van der Waals surface area (Å²) in [6, 6.07) is 0. The Morgan fingerprint density at radius 3 is 2.70 bits per heavy atom. The molecular formula is C9H16NO9P. The minimum Gasteiger partial charge on any atom is -0.505 e. The summed E-state index contributed by atoms with van der Waals surface area (Å²) in [6.45, 7) is -0.754. The van der Waals surface area contributed by atoms with Crippen LogP contribution in [-0.4, -0.2) is 58.1 Å². The van der Waals surface area contributed by atoms with Crippen molar-refractivity contribution >= 4 is 13.8 Å². The lowest BCUT2D eigenvalue weighted by Gasteiger charge is -2.14. The van der Waals surface area contributed by atoms with Crippen LogP contribution in [0.5, 0.6) is 0 Å². The maximum absolute atomic E-state index is 11.5. The highest BCUT2D eigenvalue weighted by molar-refractivity contribution is 7.47. The molecule has 0 aliphatic carbocycles. The lowest BCUT2D eigenvalue weighted by molar-refractivity contribution is -0.147. The zero-order valence-corrected chi connectivity index (χ0v) is 11.2. The van der Waals surface area contributed by atoms with Crippen LogP contribution in [0.2, 0.25) is 0 Å². The molecule has 6 N–H and O–H groups in total. The van der Waals surface area contributed by atoms with Gasteiger partial charge in [0.2, 0.25) is 0 Å². The second-order valence-electron chi connectivity index (χ2n) is 3.83. The number of cyclic esters (lactones) is 1. The number of hydrogen-bond donors (Lipinski definition) is 5. The molecule has 0 radical (unpaired) electrons. The summed E-state index contributed by atoms with van der Waals surface area (Å²) in [5, 5.41) is 27.6. The van der Waals surface area contributed by atoms with Gasteiger partial charge in [0.15, 0.2) is 11.9 Å². The molecular weight excluding hydrogens is 297 g/mol. The molecule has 0 saturated carbocycles. The zero-order valence-electron chi connectivity index (χ0n) is 10.3. The Balaban J connectivity index is 2.76. The summed E-state index contributed by atoms with van der Waals surface area (Å²) in [6.07, 6.45) is -2.86. The van der Waals surface area contributed by atoms with E-state index in [2.05, 4.69) is 13.8 Å². The average Bonchev–Trinajstić information content (AvgIpc) is 2.65. The number of phosphoric ester groups is 1. The summed E-state index contributed by atoms with van der Waals surface area (Å²) < 4.78 is 24.9. The van der Waals surface area contributed by atoms with Crippen molar-refractivity contribution in [3.05, 3.63) is 11.5 Å². The molecule has 0 aromatic heterocycles. The van der Waals surface area contributed by atoms with Crippen molar-refractivity contribution in [3.63, 3.8) is 0 Å². The topological polar surface area (TPSA) is 169 Å². The smallest absolute Gasteiger partial charge is 0.505 e. The van der Waals surface area contributed by atoms with E-state index in [1.807, 2.05) is 0 Å². The molecule has 0 aromatic carbocycles. The van der Waals surface area contributed by atoms with Crippen LogP contribution in [0, 0.1) is 0 Å². The fraction of sp³-hybridized carbons (Fsp3) is 0.667. The molecule has 1 heterocycles. The summed E-state index contributed by atoms with van der Waals surface area (Å²) in [4.78, 5) is 20.7. The van der Waals surface area contributed by atoms with Gasteiger partial charge in [-0.25, -0.2) is 9.36 Å². The van der Waals surface area contributed by atoms with Crippen molar-refractivity contribution in [2.75, 3.05) is 19.8 Å². The van der Waals surface area contributed by atoms with Crippen LogP contribution in [0.15, 0.2) is 11.5 Å². The van der Waals surface area contributed by atoms with Gasteiger partial charge in [-0.3, -0.25) is 9.42 Å². The van der Waals surface area contributed by atoms with E-state index < -0.39 is 44.1 Å². The van der Waals surface area contributed by atoms with E-state index in [9.17, 15) is 24.5 Å². The van der Waals surface area contributed by atoms with Crippen molar-refractivity contribution in [3.8, 4) is 0 Å². The maximum Gasteiger partial charge on any atom is 0.527 e. The molecule has 0 fully saturated rings. The second-order valence-corrected chi connectivity index (χ2v) is 5.20. The highest BCUT2D eigenvalue weighted by Crippen LogP contribution is 2.47. The molecule has 11 heteroatoms. The summed E-state index contributed by atoms with van der Waals surface area (Å²) in [5.74, 6) is -3.09. The Hall–Kier alpha value is -1.16. The third kappa shape index (κ3) is 4.17. The van der Waals surface area contributed by atoms with Crippen LogP contribution in [0.1, 0.15) is 6.42 Å². The van der Waals surface area contributed by atoms with Crippen molar-refractivity contribution in [1.29, 1.82) is 0 Å². The quantitative estimate of drug-likeness (QED) is 0.202. The van der Waals surface area contributed by atoms with Gasteiger partial charge in [0.25, 0.3) is 5.76 Å². The standard InChI is InChI=1S/C9H16NO9P/c10-2-1-3-17-20(15,16)19-8-6(13)7(5(12)4-11)18-9(8)14/h5,7,11-13H,1-4,10H2,(H,15,16)/t5-,7+/m0/s1. The van der Waals surface area contributed by atoms with Crippen molar-refractivity contribution in [1.82, 2.24) is 0 Å². The SMILES string of the molecule is NCCCOP(=O)(O)OC1=C(O)[C@@H]([C@@H](O)CO)OC1=O. The molecule has 3 atom stereocenters. The summed E-state index contributed by atoms with van der Waals surface area (Å²) in [7, 11) is -4.63. The molecule has 1 aliphatic heterocycles. The van der Waals surface area contributed by atoms with Crippen LogP contribution in [0.4, 0.5) is 0 Å². The fourth-order valence-electron chi connectivity index (χ4n) is 1.30. The normalized spacial score (nSPS) is 23.4. The van der Waals surface area contributed by atoms with Gasteiger partial charge >= 0.3 is 13.8 Å². The molecule has 0 bridgehead atoms. The number of hydrogen-bond acceptors (Lipinski definition) is 9. The Morgan fingerprint density at radius 2 is 2.15 bits per heavy atom. The zero-order chi connectivity index (χ0) is 15.3. The summed E-state index contributed by atoms with van der Waals surface area (Å²) in [5.41, 5.74) is 5.17. The van der Waals surface area contributed by atoms with E-state index in [1.165, 1.54) is 0 Å². The van der Waals surface area contributed by atoms with Gasteiger partial charge in [0, 0.05) is 0 Å². The van der Waals surface area contributed by atoms with E-state index in [-0.39, 0.29) is 19.6 Å². The summed E-state index contributed by atoms with van der Waals surface area (Å²) >= 11 is 0. The largest absolute Gasteiger partial charge is 0.527 e. The molecule has 0 amide bonds. The predicted octanol–water partition coefficient (Wildman–Crippen LogP) is -1.48. The molecule has 1 unspecified atom stereocenters. The Labute approximate surface area is 114 Å². The van der Waals surface area contributed by atoms with E-state index in [1.54, 1.807) is 0 Å². The monoisotopic (exact) mass is 313 g/mol. The lowest BCUT2D eigenvalue weighted by Crippen LogP contribution is -2.31. The van der Waals surface area contributed by atoms with Crippen LogP contribution in [-0.2, 0) is 23.1 Å². The number of esters is 1. The number of carbonyl (C=O) groups is 1. The van der Waals surface area contributed by atoms with Gasteiger partial charge in [-0.15, -0.1) is 0 Å². The van der Waals surface area contributed by atoms with E-state index in [4.69, 9.17) is 10.8 Å². The van der Waals surface area contributed by atoms with Crippen molar-refractivity contribution in [2.24, 2.45) is 5.73 Å². The van der Waals surface area contributed by atoms with E-state index in [0.29, 0.717) is 0 Å². The first-order valence-corrected chi connectivity index (χ1v) is 7.12. The Morgan fingerprint density at radius 1 is 1.50 bits per heavy atom. The third-order valence-corrected chi connectivity index (χ3v) is 3.19. The first kappa shape index (κ1) is 16.9. The molecule has 0 spiro atoms. The van der Waals surface area contributed by atoms with Gasteiger partial charge < -0.3 is 30.3 Å². The highest BCUT2D eigenvalue weighted by atomic mass is 31.2. The Bertz CT molecular complexity index is 437. The number of aliphatic hydroxyl groups excluding tert-OH is 3. The van der Waals surface area contributed by atoms with Crippen LogP contribution < -0.4 is 5.73 Å². The molecule has 1 rings (SSSR count). The fourth-order valence-corrected chi connectivity index (χ4v) is 2.12. The van der Waals surface area contributed by atoms with E-state index >= 15 is 0 Å². The number of nitrogens with two attached hydrogens (primary N) is 1. The molecule has 10 nitrogen and oxygen atoms in total. The molecule has 116 valence electrons. The van der Waals surface area contributed by atoms with Gasteiger partial charge in [-0.1, -0.05) is 0 Å². The first-order valence-electron chi connectivity index (χ1n) is 5.62. The minimum absolute atomic E-state index is 0.184. The molecule has 20 heavy (non-hydrogen) atoms. The van der Waals surface area contributed by atoms with Gasteiger partial charge in [0.1, 0.15) is 6.10 Å². The van der Waals surface area contributed by atoms with E-state index in [0.717, 1.165) is 0 Å². The number of ether oxygens (including phenoxy) is 1. The van der Waals surface area contributed by atoms with Crippen LogP contribution >= 0.6 is 7.82 Å². The first-order chi connectivity index (χ1) is 9.32. The average molecular weight is 313 g/mol. The van der Waals surface area contributed by atoms with Crippen molar-refractivity contribution < 1.29 is 43.4 Å². The molecule has 0 saturated heterocycles. The lowest BCUT2D eigenvalue weighted by atomic mass is 10.2. The third-order valence-electron chi connectivity index (χ3n) is 2.27. The second kappa shape index (κ2) is 7.02. The molecule has 1 aliphatic rings. The van der Waals surface area contributed by atoms with Gasteiger partial charge in [-0.2, -0.15) is 0 Å². The number of rotatable bonds is 8. The minimum atomic E-state index is -4.63. The number of phosphoric acid groups is 1. The molecule has 0 aromatic rings. The number of aliphatic hydroxyl groups is 3. The predicted molar refractivity (Wildman–Crippen MR) is 63.2 cm³/mol. The Kier molecular flexibility index (Phi) is 5.93. The van der Waals surface area contributed by atoms with Crippen LogP contribution in [0.3, 0.4) is 0 Å². The van der Waals surface area contributed by atoms with Crippen LogP contribution in [0.25, 0.3) is 0 Å². The number of carbonyl (C=O) groups excluding carboxylic acids is 1.